The zero-order chi connectivity index (χ0) is 12.7. The number of hydrogen-bond donors (Lipinski definition) is 0. The van der Waals surface area contributed by atoms with Gasteiger partial charge in [0.25, 0.3) is 0 Å². The van der Waals surface area contributed by atoms with E-state index in [1.165, 1.54) is 4.90 Å². The van der Waals surface area contributed by atoms with Crippen LogP contribution in [0.4, 0.5) is 0 Å². The predicted molar refractivity (Wildman–Crippen MR) is 62.5 cm³/mol. The normalized spacial score (nSPS) is 19.1. The van der Waals surface area contributed by atoms with Crippen molar-refractivity contribution < 1.29 is 19.1 Å². The third-order valence-corrected chi connectivity index (χ3v) is 2.80. The van der Waals surface area contributed by atoms with E-state index in [1.54, 1.807) is 14.0 Å². The van der Waals surface area contributed by atoms with Crippen LogP contribution in [0.5, 0.6) is 0 Å². The summed E-state index contributed by atoms with van der Waals surface area (Å²) >= 11 is 0. The maximum Gasteiger partial charge on any atom is 0.325 e. The van der Waals surface area contributed by atoms with Gasteiger partial charge >= 0.3 is 5.97 Å². The van der Waals surface area contributed by atoms with Gasteiger partial charge in [-0.2, -0.15) is 0 Å². The minimum atomic E-state index is -0.361. The summed E-state index contributed by atoms with van der Waals surface area (Å²) in [5.74, 6) is -0.394. The molecule has 5 nitrogen and oxygen atoms in total. The van der Waals surface area contributed by atoms with Crippen molar-refractivity contribution in [1.82, 2.24) is 4.90 Å². The van der Waals surface area contributed by atoms with Crippen LogP contribution in [0.1, 0.15) is 32.6 Å². The highest BCUT2D eigenvalue weighted by Crippen LogP contribution is 2.17. The number of amides is 1. The summed E-state index contributed by atoms with van der Waals surface area (Å²) in [7, 11) is 1.62. The Morgan fingerprint density at radius 1 is 1.47 bits per heavy atom. The first-order valence-electron chi connectivity index (χ1n) is 6.14. The first-order valence-corrected chi connectivity index (χ1v) is 6.14. The molecule has 0 spiro atoms. The van der Waals surface area contributed by atoms with Gasteiger partial charge in [-0.25, -0.2) is 0 Å². The predicted octanol–water partition coefficient (Wildman–Crippen LogP) is 0.967. The summed E-state index contributed by atoms with van der Waals surface area (Å²) in [4.78, 5) is 24.3. The van der Waals surface area contributed by atoms with Crippen LogP contribution >= 0.6 is 0 Å². The van der Waals surface area contributed by atoms with Crippen molar-refractivity contribution in [2.45, 2.75) is 38.7 Å². The van der Waals surface area contributed by atoms with Crippen LogP contribution < -0.4 is 0 Å². The molecule has 0 radical (unpaired) electrons. The molecule has 1 fully saturated rings. The van der Waals surface area contributed by atoms with Crippen molar-refractivity contribution in [2.75, 3.05) is 26.8 Å². The standard InChI is InChI=1S/C12H21NO4/c1-3-16-12(15)9-13(2)11(14)7-6-10-5-4-8-17-10/h10H,3-9H2,1-2H3. The number of esters is 1. The maximum atomic E-state index is 11.7. The number of nitrogens with zero attached hydrogens (tertiary/aromatic N) is 1. The molecule has 1 heterocycles. The Kier molecular flexibility index (Phi) is 5.97. The molecule has 0 aliphatic carbocycles. The molecule has 17 heavy (non-hydrogen) atoms. The molecular formula is C12H21NO4. The summed E-state index contributed by atoms with van der Waals surface area (Å²) in [5, 5.41) is 0. The van der Waals surface area contributed by atoms with Gasteiger partial charge in [0.05, 0.1) is 12.7 Å². The summed E-state index contributed by atoms with van der Waals surface area (Å²) in [6.45, 7) is 2.92. The third-order valence-electron chi connectivity index (χ3n) is 2.80. The topological polar surface area (TPSA) is 55.8 Å². The summed E-state index contributed by atoms with van der Waals surface area (Å²) < 4.78 is 10.2. The molecule has 0 bridgehead atoms. The van der Waals surface area contributed by atoms with Crippen molar-refractivity contribution in [2.24, 2.45) is 0 Å². The highest BCUT2D eigenvalue weighted by Gasteiger charge is 2.19. The molecule has 1 aliphatic rings. The van der Waals surface area contributed by atoms with E-state index >= 15 is 0 Å². The van der Waals surface area contributed by atoms with Crippen LogP contribution in [0, 0.1) is 0 Å². The first kappa shape index (κ1) is 14.0. The van der Waals surface area contributed by atoms with Gasteiger partial charge in [0.2, 0.25) is 5.91 Å². The molecule has 98 valence electrons. The number of carbonyl (C=O) groups is 2. The Hall–Kier alpha value is -1.10. The summed E-state index contributed by atoms with van der Waals surface area (Å²) in [6, 6.07) is 0. The lowest BCUT2D eigenvalue weighted by Gasteiger charge is -2.17. The Bertz CT molecular complexity index is 261. The zero-order valence-corrected chi connectivity index (χ0v) is 10.6. The lowest BCUT2D eigenvalue weighted by molar-refractivity contribution is -0.148. The molecular weight excluding hydrogens is 222 g/mol. The number of carbonyl (C=O) groups excluding carboxylic acids is 2. The van der Waals surface area contributed by atoms with Crippen LogP contribution in [0.3, 0.4) is 0 Å². The molecule has 0 aromatic rings. The SMILES string of the molecule is CCOC(=O)CN(C)C(=O)CCC1CCCO1. The number of likely N-dealkylation sites (N-methyl/N-ethyl adjacent to an activating group) is 1. The average molecular weight is 243 g/mol. The van der Waals surface area contributed by atoms with Gasteiger partial charge in [-0.3, -0.25) is 9.59 Å². The summed E-state index contributed by atoms with van der Waals surface area (Å²) in [6.07, 6.45) is 3.51. The highest BCUT2D eigenvalue weighted by molar-refractivity contribution is 5.81. The molecule has 1 atom stereocenters. The number of ether oxygens (including phenoxy) is 2. The Labute approximate surface area is 102 Å². The highest BCUT2D eigenvalue weighted by atomic mass is 16.5. The van der Waals surface area contributed by atoms with Crippen molar-refractivity contribution in [3.05, 3.63) is 0 Å². The van der Waals surface area contributed by atoms with E-state index in [9.17, 15) is 9.59 Å². The molecule has 0 aromatic carbocycles. The van der Waals surface area contributed by atoms with Crippen LogP contribution in [-0.4, -0.2) is 49.7 Å². The minimum absolute atomic E-state index is 0.0260. The summed E-state index contributed by atoms with van der Waals surface area (Å²) in [5.41, 5.74) is 0. The van der Waals surface area contributed by atoms with Crippen molar-refractivity contribution in [3.63, 3.8) is 0 Å². The lowest BCUT2D eigenvalue weighted by atomic mass is 10.1. The molecule has 5 heteroatoms. The monoisotopic (exact) mass is 243 g/mol. The maximum absolute atomic E-state index is 11.7. The second-order valence-electron chi connectivity index (χ2n) is 4.23. The van der Waals surface area contributed by atoms with Crippen LogP contribution in [-0.2, 0) is 19.1 Å². The van der Waals surface area contributed by atoms with Crippen LogP contribution in [0.25, 0.3) is 0 Å². The van der Waals surface area contributed by atoms with E-state index in [1.807, 2.05) is 0 Å². The molecule has 1 saturated heterocycles. The fourth-order valence-corrected chi connectivity index (χ4v) is 1.84. The van der Waals surface area contributed by atoms with Gasteiger partial charge in [0.15, 0.2) is 0 Å². The number of rotatable bonds is 6. The van der Waals surface area contributed by atoms with Crippen molar-refractivity contribution >= 4 is 11.9 Å². The fraction of sp³-hybridized carbons (Fsp3) is 0.833. The lowest BCUT2D eigenvalue weighted by Crippen LogP contribution is -2.33. The van der Waals surface area contributed by atoms with Gasteiger partial charge < -0.3 is 14.4 Å². The largest absolute Gasteiger partial charge is 0.465 e. The molecule has 1 aliphatic heterocycles. The third kappa shape index (κ3) is 5.17. The van der Waals surface area contributed by atoms with Crippen LogP contribution in [0.2, 0.25) is 0 Å². The zero-order valence-electron chi connectivity index (χ0n) is 10.6. The second kappa shape index (κ2) is 7.27. The molecule has 1 amide bonds. The quantitative estimate of drug-likeness (QED) is 0.652. The van der Waals surface area contributed by atoms with E-state index in [0.29, 0.717) is 13.0 Å². The number of hydrogen-bond acceptors (Lipinski definition) is 4. The van der Waals surface area contributed by atoms with E-state index in [0.717, 1.165) is 25.9 Å². The van der Waals surface area contributed by atoms with Crippen molar-refractivity contribution in [3.8, 4) is 0 Å². The van der Waals surface area contributed by atoms with Gasteiger partial charge in [-0.1, -0.05) is 0 Å². The molecule has 0 N–H and O–H groups in total. The second-order valence-corrected chi connectivity index (χ2v) is 4.23. The van der Waals surface area contributed by atoms with E-state index in [-0.39, 0.29) is 24.5 Å². The van der Waals surface area contributed by atoms with Gasteiger partial charge in [-0.15, -0.1) is 0 Å². The van der Waals surface area contributed by atoms with Crippen molar-refractivity contribution in [1.29, 1.82) is 0 Å². The van der Waals surface area contributed by atoms with Gasteiger partial charge in [0, 0.05) is 20.1 Å². The molecule has 1 unspecified atom stereocenters. The smallest absolute Gasteiger partial charge is 0.325 e. The van der Waals surface area contributed by atoms with E-state index < -0.39 is 0 Å². The Morgan fingerprint density at radius 2 is 2.24 bits per heavy atom. The molecule has 0 aromatic heterocycles. The Balaban J connectivity index is 2.19. The fourth-order valence-electron chi connectivity index (χ4n) is 1.84. The van der Waals surface area contributed by atoms with Crippen LogP contribution in [0.15, 0.2) is 0 Å². The minimum Gasteiger partial charge on any atom is -0.465 e. The first-order chi connectivity index (χ1) is 8.13. The van der Waals surface area contributed by atoms with E-state index in [2.05, 4.69) is 0 Å². The average Bonchev–Trinajstić information content (AvgIpc) is 2.78. The van der Waals surface area contributed by atoms with Gasteiger partial charge in [0.1, 0.15) is 6.54 Å². The molecule has 1 rings (SSSR count). The molecule has 0 saturated carbocycles. The van der Waals surface area contributed by atoms with Gasteiger partial charge in [-0.05, 0) is 26.2 Å². The Morgan fingerprint density at radius 3 is 2.82 bits per heavy atom. The van der Waals surface area contributed by atoms with E-state index in [4.69, 9.17) is 9.47 Å².